The minimum atomic E-state index is -0.775. The van der Waals surface area contributed by atoms with Gasteiger partial charge in [0.1, 0.15) is 17.3 Å². The average molecular weight is 482 g/mol. The van der Waals surface area contributed by atoms with Crippen molar-refractivity contribution in [2.24, 2.45) is 7.05 Å². The molecule has 0 spiro atoms. The van der Waals surface area contributed by atoms with Crippen LogP contribution in [-0.4, -0.2) is 33.8 Å². The molecule has 2 N–H and O–H groups in total. The molecular weight excluding hydrogens is 461 g/mol. The highest BCUT2D eigenvalue weighted by Gasteiger charge is 2.42. The third kappa shape index (κ3) is 3.79. The lowest BCUT2D eigenvalue weighted by Crippen LogP contribution is -2.59. The third-order valence-corrected chi connectivity index (χ3v) is 6.99. The number of nitrogens with zero attached hydrogens (tertiary/aromatic N) is 2. The normalized spacial score (nSPS) is 15.8. The van der Waals surface area contributed by atoms with E-state index in [1.54, 1.807) is 35.2 Å². The second kappa shape index (κ2) is 8.47. The molecule has 5 rings (SSSR count). The first-order chi connectivity index (χ1) is 15.9. The molecule has 1 atom stereocenters. The van der Waals surface area contributed by atoms with Crippen molar-refractivity contribution in [2.45, 2.75) is 11.6 Å². The zero-order valence-electron chi connectivity index (χ0n) is 17.8. The third-order valence-electron chi connectivity index (χ3n) is 6.17. The Balaban J connectivity index is 1.41. The molecule has 2 aromatic carbocycles. The molecule has 1 fully saturated rings. The number of ether oxygens (including phenoxy) is 1. The van der Waals surface area contributed by atoms with E-state index in [1.165, 1.54) is 0 Å². The van der Waals surface area contributed by atoms with Gasteiger partial charge in [-0.2, -0.15) is 0 Å². The van der Waals surface area contributed by atoms with Crippen molar-refractivity contribution >= 4 is 40.0 Å². The maximum Gasteiger partial charge on any atom is 0.268 e. The van der Waals surface area contributed by atoms with Crippen LogP contribution in [0.1, 0.15) is 33.3 Å². The molecule has 6 nitrogen and oxygen atoms in total. The van der Waals surface area contributed by atoms with E-state index >= 15 is 0 Å². The molecule has 1 aliphatic rings. The number of nitrogens with one attached hydrogen (secondary N) is 1. The molecule has 1 aliphatic heterocycles. The Morgan fingerprint density at radius 1 is 1.15 bits per heavy atom. The first kappa shape index (κ1) is 21.9. The van der Waals surface area contributed by atoms with E-state index in [1.807, 2.05) is 43.4 Å². The number of aryl methyl sites for hydroxylation is 1. The van der Waals surface area contributed by atoms with Crippen molar-refractivity contribution in [3.63, 3.8) is 0 Å². The topological polar surface area (TPSA) is 76.4 Å². The molecule has 168 valence electrons. The Bertz CT molecular complexity index is 1330. The molecule has 1 amide bonds. The van der Waals surface area contributed by atoms with Gasteiger partial charge in [-0.25, -0.2) is 0 Å². The number of carbonyl (C=O) groups excluding carboxylic acids is 1. The summed E-state index contributed by atoms with van der Waals surface area (Å²) >= 11 is 12.5. The molecule has 4 aromatic rings. The SMILES string of the molecule is Cn1c(C(=O)NC2(c3ccc([C@H](O)c4cccnc4)cc3)COC2)cc2c(Cl)c(Cl)ccc21. The first-order valence-electron chi connectivity index (χ1n) is 10.4. The number of carbonyl (C=O) groups is 1. The summed E-state index contributed by atoms with van der Waals surface area (Å²) in [5, 5.41) is 15.4. The number of amides is 1. The van der Waals surface area contributed by atoms with Crippen LogP contribution < -0.4 is 5.32 Å². The fraction of sp³-hybridized carbons (Fsp3) is 0.200. The maximum absolute atomic E-state index is 13.3. The summed E-state index contributed by atoms with van der Waals surface area (Å²) < 4.78 is 7.28. The van der Waals surface area contributed by atoms with Crippen LogP contribution in [0.5, 0.6) is 0 Å². The Hall–Kier alpha value is -2.90. The number of hydrogen-bond acceptors (Lipinski definition) is 4. The highest BCUT2D eigenvalue weighted by Crippen LogP contribution is 2.34. The first-order valence-corrected chi connectivity index (χ1v) is 11.2. The van der Waals surface area contributed by atoms with E-state index in [-0.39, 0.29) is 5.91 Å². The standard InChI is InChI=1S/C25H21Cl2N3O3/c1-30-20-9-8-19(26)22(27)18(20)11-21(30)24(32)29-25(13-33-14-25)17-6-4-15(5-7-17)23(31)16-3-2-10-28-12-16/h2-12,23,31H,13-14H2,1H3,(H,29,32)/t23-/m0/s1. The number of benzene rings is 2. The van der Waals surface area contributed by atoms with Crippen LogP contribution in [0.15, 0.2) is 67.0 Å². The fourth-order valence-corrected chi connectivity index (χ4v) is 4.56. The molecule has 8 heteroatoms. The zero-order chi connectivity index (χ0) is 23.2. The van der Waals surface area contributed by atoms with Crippen molar-refractivity contribution in [3.8, 4) is 0 Å². The molecule has 0 aliphatic carbocycles. The van der Waals surface area contributed by atoms with Gasteiger partial charge in [0.25, 0.3) is 5.91 Å². The molecule has 33 heavy (non-hydrogen) atoms. The minimum Gasteiger partial charge on any atom is -0.384 e. The van der Waals surface area contributed by atoms with Crippen molar-refractivity contribution < 1.29 is 14.6 Å². The van der Waals surface area contributed by atoms with Gasteiger partial charge in [-0.1, -0.05) is 53.5 Å². The number of aliphatic hydroxyl groups excluding tert-OH is 1. The second-order valence-corrected chi connectivity index (χ2v) is 9.01. The number of aromatic nitrogens is 2. The van der Waals surface area contributed by atoms with Gasteiger partial charge in [0.05, 0.1) is 23.3 Å². The van der Waals surface area contributed by atoms with Gasteiger partial charge >= 0.3 is 0 Å². The van der Waals surface area contributed by atoms with Gasteiger partial charge in [0.15, 0.2) is 0 Å². The molecule has 0 radical (unpaired) electrons. The summed E-state index contributed by atoms with van der Waals surface area (Å²) in [7, 11) is 1.82. The quantitative estimate of drug-likeness (QED) is 0.436. The maximum atomic E-state index is 13.3. The van der Waals surface area contributed by atoms with Crippen LogP contribution in [0.4, 0.5) is 0 Å². The number of rotatable bonds is 5. The number of fused-ring (bicyclic) bond motifs is 1. The Kier molecular flexibility index (Phi) is 5.62. The summed E-state index contributed by atoms with van der Waals surface area (Å²) in [6.07, 6.45) is 2.53. The number of pyridine rings is 1. The van der Waals surface area contributed by atoms with E-state index in [0.717, 1.165) is 27.6 Å². The Morgan fingerprint density at radius 3 is 2.55 bits per heavy atom. The zero-order valence-corrected chi connectivity index (χ0v) is 19.3. The molecule has 0 unspecified atom stereocenters. The lowest BCUT2D eigenvalue weighted by atomic mass is 9.86. The van der Waals surface area contributed by atoms with E-state index in [4.69, 9.17) is 27.9 Å². The fourth-order valence-electron chi connectivity index (χ4n) is 4.18. The van der Waals surface area contributed by atoms with Gasteiger partial charge in [-0.05, 0) is 35.4 Å². The lowest BCUT2D eigenvalue weighted by Gasteiger charge is -2.42. The highest BCUT2D eigenvalue weighted by atomic mass is 35.5. The molecule has 0 saturated carbocycles. The smallest absolute Gasteiger partial charge is 0.268 e. The predicted molar refractivity (Wildman–Crippen MR) is 128 cm³/mol. The monoisotopic (exact) mass is 481 g/mol. The van der Waals surface area contributed by atoms with Crippen LogP contribution in [0.25, 0.3) is 10.9 Å². The van der Waals surface area contributed by atoms with Crippen LogP contribution in [0.3, 0.4) is 0 Å². The van der Waals surface area contributed by atoms with Crippen molar-refractivity contribution in [1.82, 2.24) is 14.9 Å². The number of halogens is 2. The Morgan fingerprint density at radius 2 is 1.91 bits per heavy atom. The van der Waals surface area contributed by atoms with Gasteiger partial charge in [0, 0.05) is 35.9 Å². The van der Waals surface area contributed by atoms with Gasteiger partial charge in [0.2, 0.25) is 0 Å². The van der Waals surface area contributed by atoms with Gasteiger partial charge < -0.3 is 19.7 Å². The summed E-state index contributed by atoms with van der Waals surface area (Å²) in [5.41, 5.74) is 3.02. The number of aliphatic hydroxyl groups is 1. The van der Waals surface area contributed by atoms with Gasteiger partial charge in [-0.3, -0.25) is 9.78 Å². The molecular formula is C25H21Cl2N3O3. The van der Waals surface area contributed by atoms with Crippen LogP contribution in [0, 0.1) is 0 Å². The van der Waals surface area contributed by atoms with Crippen LogP contribution in [0.2, 0.25) is 10.0 Å². The second-order valence-electron chi connectivity index (χ2n) is 8.22. The molecule has 0 bridgehead atoms. The van der Waals surface area contributed by atoms with Crippen molar-refractivity contribution in [3.05, 3.63) is 99.4 Å². The summed E-state index contributed by atoms with van der Waals surface area (Å²) in [4.78, 5) is 17.3. The van der Waals surface area contributed by atoms with E-state index in [0.29, 0.717) is 29.0 Å². The predicted octanol–water partition coefficient (Wildman–Crippen LogP) is 4.62. The highest BCUT2D eigenvalue weighted by molar-refractivity contribution is 6.45. The van der Waals surface area contributed by atoms with Crippen molar-refractivity contribution in [1.29, 1.82) is 0 Å². The van der Waals surface area contributed by atoms with Crippen molar-refractivity contribution in [2.75, 3.05) is 13.2 Å². The Labute approximate surface area is 200 Å². The summed E-state index contributed by atoms with van der Waals surface area (Å²) in [6.45, 7) is 0.722. The van der Waals surface area contributed by atoms with Crippen LogP contribution >= 0.6 is 23.2 Å². The summed E-state index contributed by atoms with van der Waals surface area (Å²) in [6, 6.07) is 16.5. The van der Waals surface area contributed by atoms with E-state index < -0.39 is 11.6 Å². The molecule has 1 saturated heterocycles. The number of hydrogen-bond donors (Lipinski definition) is 2. The largest absolute Gasteiger partial charge is 0.384 e. The molecule has 3 heterocycles. The minimum absolute atomic E-state index is 0.233. The average Bonchev–Trinajstić information content (AvgIpc) is 3.16. The summed E-state index contributed by atoms with van der Waals surface area (Å²) in [5.74, 6) is -0.233. The van der Waals surface area contributed by atoms with Gasteiger partial charge in [-0.15, -0.1) is 0 Å². The van der Waals surface area contributed by atoms with Crippen LogP contribution in [-0.2, 0) is 17.3 Å². The molecule has 2 aromatic heterocycles. The van der Waals surface area contributed by atoms with E-state index in [2.05, 4.69) is 10.3 Å². The lowest BCUT2D eigenvalue weighted by molar-refractivity contribution is -0.0735. The van der Waals surface area contributed by atoms with E-state index in [9.17, 15) is 9.90 Å².